The number of nitrogens with zero attached hydrogens (tertiary/aromatic N) is 2. The van der Waals surface area contributed by atoms with E-state index in [2.05, 4.69) is 51.5 Å². The van der Waals surface area contributed by atoms with Gasteiger partial charge in [0, 0.05) is 18.1 Å². The Morgan fingerprint density at radius 1 is 1.21 bits per heavy atom. The van der Waals surface area contributed by atoms with Gasteiger partial charge in [0.1, 0.15) is 0 Å². The van der Waals surface area contributed by atoms with Gasteiger partial charge in [0.15, 0.2) is 0 Å². The lowest BCUT2D eigenvalue weighted by Crippen LogP contribution is -2.57. The second-order valence-electron chi connectivity index (χ2n) is 7.21. The van der Waals surface area contributed by atoms with Crippen LogP contribution in [0.4, 0.5) is 0 Å². The SMILES string of the molecule is CCC(N)C(N(C)C1CCN(CC)CC1)C(C)(C)C. The molecule has 0 saturated carbocycles. The molecule has 1 heterocycles. The van der Waals surface area contributed by atoms with Gasteiger partial charge in [-0.1, -0.05) is 34.6 Å². The maximum atomic E-state index is 6.41. The van der Waals surface area contributed by atoms with E-state index < -0.39 is 0 Å². The Kier molecular flexibility index (Phi) is 6.28. The first-order valence-corrected chi connectivity index (χ1v) is 8.01. The Hall–Kier alpha value is -0.120. The van der Waals surface area contributed by atoms with Crippen molar-refractivity contribution in [3.05, 3.63) is 0 Å². The zero-order chi connectivity index (χ0) is 14.6. The topological polar surface area (TPSA) is 32.5 Å². The Labute approximate surface area is 120 Å². The first kappa shape index (κ1) is 16.9. The molecule has 3 nitrogen and oxygen atoms in total. The second-order valence-corrected chi connectivity index (χ2v) is 7.21. The minimum atomic E-state index is 0.242. The summed E-state index contributed by atoms with van der Waals surface area (Å²) in [5, 5.41) is 0. The summed E-state index contributed by atoms with van der Waals surface area (Å²) in [4.78, 5) is 5.14. The molecule has 2 atom stereocenters. The van der Waals surface area contributed by atoms with E-state index in [0.29, 0.717) is 12.1 Å². The van der Waals surface area contributed by atoms with E-state index in [1.165, 1.54) is 32.5 Å². The Bertz CT molecular complexity index is 251. The molecule has 114 valence electrons. The van der Waals surface area contributed by atoms with Crippen molar-refractivity contribution in [3.8, 4) is 0 Å². The van der Waals surface area contributed by atoms with Gasteiger partial charge in [-0.2, -0.15) is 0 Å². The summed E-state index contributed by atoms with van der Waals surface area (Å²) >= 11 is 0. The van der Waals surface area contributed by atoms with Crippen molar-refractivity contribution in [2.45, 2.75) is 72.0 Å². The van der Waals surface area contributed by atoms with Crippen LogP contribution in [0.15, 0.2) is 0 Å². The van der Waals surface area contributed by atoms with Crippen LogP contribution < -0.4 is 5.73 Å². The molecule has 3 heteroatoms. The van der Waals surface area contributed by atoms with Crippen molar-refractivity contribution < 1.29 is 0 Å². The predicted octanol–water partition coefficient (Wildman–Crippen LogP) is 2.55. The Morgan fingerprint density at radius 3 is 2.11 bits per heavy atom. The number of piperidine rings is 1. The third kappa shape index (κ3) is 4.44. The maximum Gasteiger partial charge on any atom is 0.0295 e. The molecule has 0 radical (unpaired) electrons. The minimum absolute atomic E-state index is 0.242. The summed E-state index contributed by atoms with van der Waals surface area (Å²) in [6.45, 7) is 15.1. The average molecular weight is 269 g/mol. The molecule has 0 spiro atoms. The first-order chi connectivity index (χ1) is 8.81. The maximum absolute atomic E-state index is 6.41. The molecule has 1 fully saturated rings. The van der Waals surface area contributed by atoms with E-state index >= 15 is 0 Å². The molecular weight excluding hydrogens is 234 g/mol. The molecule has 0 aromatic heterocycles. The van der Waals surface area contributed by atoms with E-state index in [9.17, 15) is 0 Å². The zero-order valence-corrected chi connectivity index (χ0v) is 13.9. The summed E-state index contributed by atoms with van der Waals surface area (Å²) in [7, 11) is 2.29. The van der Waals surface area contributed by atoms with Gasteiger partial charge < -0.3 is 10.6 Å². The number of nitrogens with two attached hydrogens (primary N) is 1. The van der Waals surface area contributed by atoms with Gasteiger partial charge in [-0.25, -0.2) is 0 Å². The van der Waals surface area contributed by atoms with Crippen LogP contribution in [0.5, 0.6) is 0 Å². The zero-order valence-electron chi connectivity index (χ0n) is 13.9. The van der Waals surface area contributed by atoms with Gasteiger partial charge in [0.2, 0.25) is 0 Å². The average Bonchev–Trinajstić information content (AvgIpc) is 2.37. The van der Waals surface area contributed by atoms with E-state index in [-0.39, 0.29) is 11.5 Å². The lowest BCUT2D eigenvalue weighted by atomic mass is 9.79. The van der Waals surface area contributed by atoms with Gasteiger partial charge in [-0.15, -0.1) is 0 Å². The van der Waals surface area contributed by atoms with E-state index in [4.69, 9.17) is 5.73 Å². The standard InChI is InChI=1S/C16H35N3/c1-7-14(17)15(16(3,4)5)18(6)13-9-11-19(8-2)12-10-13/h13-15H,7-12,17H2,1-6H3. The van der Waals surface area contributed by atoms with E-state index in [1.807, 2.05) is 0 Å². The molecule has 0 aromatic rings. The molecule has 1 aliphatic heterocycles. The van der Waals surface area contributed by atoms with Crippen LogP contribution >= 0.6 is 0 Å². The van der Waals surface area contributed by atoms with Gasteiger partial charge in [-0.05, 0) is 51.4 Å². The molecule has 2 unspecified atom stereocenters. The molecular formula is C16H35N3. The van der Waals surface area contributed by atoms with Crippen molar-refractivity contribution >= 4 is 0 Å². The first-order valence-electron chi connectivity index (χ1n) is 8.01. The largest absolute Gasteiger partial charge is 0.326 e. The molecule has 0 aromatic carbocycles. The fourth-order valence-electron chi connectivity index (χ4n) is 3.65. The summed E-state index contributed by atoms with van der Waals surface area (Å²) < 4.78 is 0. The molecule has 0 bridgehead atoms. The van der Waals surface area contributed by atoms with Crippen LogP contribution in [-0.2, 0) is 0 Å². The van der Waals surface area contributed by atoms with Crippen molar-refractivity contribution in [1.29, 1.82) is 0 Å². The highest BCUT2D eigenvalue weighted by molar-refractivity contribution is 4.93. The van der Waals surface area contributed by atoms with Gasteiger partial charge in [0.25, 0.3) is 0 Å². The quantitative estimate of drug-likeness (QED) is 0.832. The Balaban J connectivity index is 2.70. The minimum Gasteiger partial charge on any atom is -0.326 e. The van der Waals surface area contributed by atoms with Crippen molar-refractivity contribution in [2.75, 3.05) is 26.7 Å². The number of rotatable bonds is 5. The molecule has 2 N–H and O–H groups in total. The highest BCUT2D eigenvalue weighted by Crippen LogP contribution is 2.30. The molecule has 1 rings (SSSR count). The number of hydrogen-bond acceptors (Lipinski definition) is 3. The lowest BCUT2D eigenvalue weighted by molar-refractivity contribution is 0.0339. The van der Waals surface area contributed by atoms with Crippen molar-refractivity contribution in [3.63, 3.8) is 0 Å². The summed E-state index contributed by atoms with van der Waals surface area (Å²) in [5.74, 6) is 0. The van der Waals surface area contributed by atoms with Crippen LogP contribution in [0.2, 0.25) is 0 Å². The summed E-state index contributed by atoms with van der Waals surface area (Å²) in [6.07, 6.45) is 3.63. The summed E-state index contributed by atoms with van der Waals surface area (Å²) in [6, 6.07) is 1.44. The second kappa shape index (κ2) is 7.05. The molecule has 1 aliphatic rings. The fraction of sp³-hybridized carbons (Fsp3) is 1.00. The smallest absolute Gasteiger partial charge is 0.0295 e. The molecule has 19 heavy (non-hydrogen) atoms. The van der Waals surface area contributed by atoms with Gasteiger partial charge in [0.05, 0.1) is 0 Å². The van der Waals surface area contributed by atoms with Crippen LogP contribution in [0.3, 0.4) is 0 Å². The van der Waals surface area contributed by atoms with Gasteiger partial charge in [-0.3, -0.25) is 4.90 Å². The molecule has 0 aliphatic carbocycles. The Morgan fingerprint density at radius 2 is 1.74 bits per heavy atom. The van der Waals surface area contributed by atoms with Crippen LogP contribution in [0, 0.1) is 5.41 Å². The number of likely N-dealkylation sites (tertiary alicyclic amines) is 1. The fourth-order valence-corrected chi connectivity index (χ4v) is 3.65. The predicted molar refractivity (Wildman–Crippen MR) is 84.4 cm³/mol. The lowest BCUT2D eigenvalue weighted by Gasteiger charge is -2.47. The molecule has 0 amide bonds. The normalized spacial score (nSPS) is 22.7. The van der Waals surface area contributed by atoms with Crippen molar-refractivity contribution in [1.82, 2.24) is 9.80 Å². The van der Waals surface area contributed by atoms with Crippen molar-refractivity contribution in [2.24, 2.45) is 11.1 Å². The van der Waals surface area contributed by atoms with Crippen LogP contribution in [0.25, 0.3) is 0 Å². The number of hydrogen-bond donors (Lipinski definition) is 1. The summed E-state index contributed by atoms with van der Waals surface area (Å²) in [5.41, 5.74) is 6.65. The van der Waals surface area contributed by atoms with Crippen LogP contribution in [0.1, 0.15) is 53.9 Å². The number of likely N-dealkylation sites (N-methyl/N-ethyl adjacent to an activating group) is 1. The van der Waals surface area contributed by atoms with E-state index in [0.717, 1.165) is 6.42 Å². The third-order valence-corrected chi connectivity index (χ3v) is 4.78. The van der Waals surface area contributed by atoms with Gasteiger partial charge >= 0.3 is 0 Å². The molecule has 1 saturated heterocycles. The highest BCUT2D eigenvalue weighted by atomic mass is 15.2. The monoisotopic (exact) mass is 269 g/mol. The highest BCUT2D eigenvalue weighted by Gasteiger charge is 2.36. The van der Waals surface area contributed by atoms with E-state index in [1.54, 1.807) is 0 Å². The third-order valence-electron chi connectivity index (χ3n) is 4.78. The van der Waals surface area contributed by atoms with Crippen LogP contribution in [-0.4, -0.2) is 54.6 Å².